The van der Waals surface area contributed by atoms with Crippen molar-refractivity contribution in [3.63, 3.8) is 0 Å². The van der Waals surface area contributed by atoms with Crippen molar-refractivity contribution < 1.29 is 9.67 Å². The van der Waals surface area contributed by atoms with Gasteiger partial charge in [-0.3, -0.25) is 0 Å². The number of imidazole rings is 1. The Labute approximate surface area is 117 Å². The number of aryl methyl sites for hydroxylation is 1. The quantitative estimate of drug-likeness (QED) is 0.376. The fourth-order valence-electron chi connectivity index (χ4n) is 2.57. The highest BCUT2D eigenvalue weighted by atomic mass is 127. The minimum Gasteiger partial charge on any atom is -0.389 e. The van der Waals surface area contributed by atoms with Gasteiger partial charge in [0, 0.05) is 0 Å². The summed E-state index contributed by atoms with van der Waals surface area (Å²) < 4.78 is 5.68. The van der Waals surface area contributed by atoms with Crippen LogP contribution in [0.4, 0.5) is 0 Å². The Balaban J connectivity index is 1.92. The van der Waals surface area contributed by atoms with E-state index in [1.54, 1.807) is 0 Å². The molecular formula is C13H22IN2O+. The van der Waals surface area contributed by atoms with Crippen molar-refractivity contribution in [2.45, 2.75) is 57.2 Å². The van der Waals surface area contributed by atoms with E-state index in [9.17, 15) is 5.11 Å². The van der Waals surface area contributed by atoms with Gasteiger partial charge in [-0.1, -0.05) is 29.0 Å². The maximum absolute atomic E-state index is 10.0. The van der Waals surface area contributed by atoms with Crippen molar-refractivity contribution in [3.05, 3.63) is 18.7 Å². The summed E-state index contributed by atoms with van der Waals surface area (Å²) in [5.74, 6) is 0. The van der Waals surface area contributed by atoms with Crippen molar-refractivity contribution in [1.82, 2.24) is 4.57 Å². The molecule has 0 aromatic carbocycles. The molecule has 3 nitrogen and oxygen atoms in total. The largest absolute Gasteiger partial charge is 0.389 e. The molecule has 0 unspecified atom stereocenters. The zero-order chi connectivity index (χ0) is 12.1. The molecule has 2 atom stereocenters. The Morgan fingerprint density at radius 2 is 2.12 bits per heavy atom. The maximum atomic E-state index is 10.0. The first-order chi connectivity index (χ1) is 8.31. The first-order valence-corrected chi connectivity index (χ1v) is 8.14. The van der Waals surface area contributed by atoms with Crippen LogP contribution in [-0.4, -0.2) is 20.2 Å². The molecule has 0 saturated heterocycles. The summed E-state index contributed by atoms with van der Waals surface area (Å²) in [5, 5.41) is 10.0. The van der Waals surface area contributed by atoms with Crippen LogP contribution in [0.2, 0.25) is 0 Å². The van der Waals surface area contributed by atoms with Crippen molar-refractivity contribution >= 4 is 22.6 Å². The Kier molecular flexibility index (Phi) is 5.28. The first-order valence-electron chi connectivity index (χ1n) is 6.62. The molecule has 2 rings (SSSR count). The second-order valence-electron chi connectivity index (χ2n) is 4.91. The molecule has 4 heteroatoms. The number of unbranched alkanes of at least 4 members (excludes halogenated alkanes) is 1. The molecule has 1 saturated carbocycles. The van der Waals surface area contributed by atoms with Crippen LogP contribution in [0.25, 0.3) is 0 Å². The second-order valence-corrected chi connectivity index (χ2v) is 5.99. The lowest BCUT2D eigenvalue weighted by molar-refractivity contribution is -0.697. The van der Waals surface area contributed by atoms with Crippen molar-refractivity contribution in [1.29, 1.82) is 0 Å². The van der Waals surface area contributed by atoms with E-state index in [2.05, 4.69) is 50.4 Å². The van der Waals surface area contributed by atoms with Gasteiger partial charge in [0.25, 0.3) is 0 Å². The Bertz CT molecular complexity index is 340. The lowest BCUT2D eigenvalue weighted by atomic mass is 9.92. The second kappa shape index (κ2) is 6.73. The standard InChI is InChI=1S/C13H22IN2O/c14-7-3-4-8-15-9-10-16(11-15)12-5-1-2-6-13(12)17/h9-13,17H,1-8H2/q+1/t12-,13-/m1/s1. The van der Waals surface area contributed by atoms with Crippen molar-refractivity contribution in [2.75, 3.05) is 4.43 Å². The molecule has 96 valence electrons. The van der Waals surface area contributed by atoms with Gasteiger partial charge in [-0.2, -0.15) is 0 Å². The molecule has 0 radical (unpaired) electrons. The van der Waals surface area contributed by atoms with Crippen LogP contribution in [0.1, 0.15) is 44.6 Å². The number of rotatable bonds is 5. The Morgan fingerprint density at radius 3 is 2.88 bits per heavy atom. The van der Waals surface area contributed by atoms with Crippen molar-refractivity contribution in [2.24, 2.45) is 0 Å². The zero-order valence-corrected chi connectivity index (χ0v) is 12.4. The predicted molar refractivity (Wildman–Crippen MR) is 76.3 cm³/mol. The van der Waals surface area contributed by atoms with E-state index in [0.29, 0.717) is 6.04 Å². The van der Waals surface area contributed by atoms with Gasteiger partial charge in [-0.25, -0.2) is 9.13 Å². The van der Waals surface area contributed by atoms with E-state index in [1.165, 1.54) is 30.1 Å². The summed E-state index contributed by atoms with van der Waals surface area (Å²) in [6.07, 6.45) is 13.3. The highest BCUT2D eigenvalue weighted by Gasteiger charge is 2.28. The fourth-order valence-corrected chi connectivity index (χ4v) is 3.11. The molecule has 0 spiro atoms. The van der Waals surface area contributed by atoms with E-state index in [0.717, 1.165) is 19.4 Å². The van der Waals surface area contributed by atoms with Gasteiger partial charge < -0.3 is 5.11 Å². The monoisotopic (exact) mass is 349 g/mol. The molecule has 1 aromatic heterocycles. The number of hydrogen-bond donors (Lipinski definition) is 1. The normalized spacial score (nSPS) is 25.1. The van der Waals surface area contributed by atoms with E-state index in [4.69, 9.17) is 0 Å². The van der Waals surface area contributed by atoms with Gasteiger partial charge in [0.15, 0.2) is 0 Å². The van der Waals surface area contributed by atoms with E-state index in [1.807, 2.05) is 0 Å². The molecule has 1 heterocycles. The van der Waals surface area contributed by atoms with E-state index < -0.39 is 0 Å². The zero-order valence-electron chi connectivity index (χ0n) is 10.3. The summed E-state index contributed by atoms with van der Waals surface area (Å²) in [6, 6.07) is 0.301. The molecule has 0 aliphatic heterocycles. The van der Waals surface area contributed by atoms with Crippen LogP contribution in [0.15, 0.2) is 18.7 Å². The lowest BCUT2D eigenvalue weighted by Crippen LogP contribution is -2.33. The summed E-state index contributed by atoms with van der Waals surface area (Å²) in [4.78, 5) is 0. The van der Waals surface area contributed by atoms with Gasteiger partial charge in [-0.15, -0.1) is 0 Å². The van der Waals surface area contributed by atoms with Gasteiger partial charge >= 0.3 is 0 Å². The third-order valence-electron chi connectivity index (χ3n) is 3.59. The first kappa shape index (κ1) is 13.3. The topological polar surface area (TPSA) is 29.0 Å². The van der Waals surface area contributed by atoms with E-state index >= 15 is 0 Å². The number of nitrogens with zero attached hydrogens (tertiary/aromatic N) is 2. The van der Waals surface area contributed by atoms with Gasteiger partial charge in [0.1, 0.15) is 18.4 Å². The maximum Gasteiger partial charge on any atom is 0.244 e. The molecule has 1 N–H and O–H groups in total. The summed E-state index contributed by atoms with van der Waals surface area (Å²) in [5.41, 5.74) is 0. The van der Waals surface area contributed by atoms with Crippen LogP contribution in [0.5, 0.6) is 0 Å². The molecule has 1 fully saturated rings. The number of aliphatic hydroxyl groups excluding tert-OH is 1. The van der Waals surface area contributed by atoms with Crippen LogP contribution in [-0.2, 0) is 6.54 Å². The van der Waals surface area contributed by atoms with Crippen LogP contribution in [0, 0.1) is 0 Å². The van der Waals surface area contributed by atoms with Crippen LogP contribution >= 0.6 is 22.6 Å². The molecule has 1 aromatic rings. The SMILES string of the molecule is O[C@@H]1CCCC[C@H]1n1cc[n+](CCCCI)c1. The minimum absolute atomic E-state index is 0.154. The predicted octanol–water partition coefficient (Wildman–Crippen LogP) is 2.47. The van der Waals surface area contributed by atoms with Gasteiger partial charge in [0.2, 0.25) is 6.33 Å². The molecule has 0 bridgehead atoms. The van der Waals surface area contributed by atoms with Crippen molar-refractivity contribution in [3.8, 4) is 0 Å². The minimum atomic E-state index is -0.154. The molecule has 1 aliphatic rings. The number of halogens is 1. The Hall–Kier alpha value is -0.100. The molecule has 1 aliphatic carbocycles. The third kappa shape index (κ3) is 3.68. The number of hydrogen-bond acceptors (Lipinski definition) is 1. The molecule has 17 heavy (non-hydrogen) atoms. The van der Waals surface area contributed by atoms with E-state index in [-0.39, 0.29) is 6.10 Å². The third-order valence-corrected chi connectivity index (χ3v) is 4.35. The lowest BCUT2D eigenvalue weighted by Gasteiger charge is -2.24. The highest BCUT2D eigenvalue weighted by Crippen LogP contribution is 2.27. The number of aliphatic hydroxyl groups is 1. The van der Waals surface area contributed by atoms with Gasteiger partial charge in [0.05, 0.1) is 12.6 Å². The summed E-state index contributed by atoms with van der Waals surface area (Å²) in [7, 11) is 0. The number of alkyl halides is 1. The van der Waals surface area contributed by atoms with Gasteiger partial charge in [-0.05, 0) is 36.5 Å². The molecular weight excluding hydrogens is 327 g/mol. The fraction of sp³-hybridized carbons (Fsp3) is 0.769. The highest BCUT2D eigenvalue weighted by molar-refractivity contribution is 14.1. The average molecular weight is 349 g/mol. The Morgan fingerprint density at radius 1 is 1.29 bits per heavy atom. The van der Waals surface area contributed by atoms with Crippen LogP contribution in [0.3, 0.4) is 0 Å². The van der Waals surface area contributed by atoms with Crippen LogP contribution < -0.4 is 4.57 Å². The summed E-state index contributed by atoms with van der Waals surface area (Å²) >= 11 is 2.43. The average Bonchev–Trinajstić information content (AvgIpc) is 2.79. The smallest absolute Gasteiger partial charge is 0.244 e. The molecule has 0 amide bonds. The number of aromatic nitrogens is 2. The summed E-state index contributed by atoms with van der Waals surface area (Å²) in [6.45, 7) is 1.10.